The third kappa shape index (κ3) is 2.29. The molecule has 1 aromatic carbocycles. The van der Waals surface area contributed by atoms with Crippen LogP contribution in [0.15, 0.2) is 29.3 Å². The molecule has 74 valence electrons. The fourth-order valence-electron chi connectivity index (χ4n) is 1.36. The van der Waals surface area contributed by atoms with Gasteiger partial charge >= 0.3 is 0 Å². The van der Waals surface area contributed by atoms with E-state index in [2.05, 4.69) is 41.5 Å². The van der Waals surface area contributed by atoms with E-state index in [1.807, 2.05) is 0 Å². The van der Waals surface area contributed by atoms with E-state index in [1.165, 1.54) is 5.56 Å². The van der Waals surface area contributed by atoms with E-state index in [0.29, 0.717) is 0 Å². The molecule has 2 nitrogen and oxygen atoms in total. The third-order valence-electron chi connectivity index (χ3n) is 2.20. The maximum Gasteiger partial charge on any atom is 0.161 e. The lowest BCUT2D eigenvalue weighted by Gasteiger charge is -2.05. The molecule has 0 spiro atoms. The Balaban J connectivity index is 2.02. The van der Waals surface area contributed by atoms with Crippen molar-refractivity contribution in [2.75, 3.05) is 17.6 Å². The Morgan fingerprint density at radius 3 is 2.71 bits per heavy atom. The molecular formula is C11H14N2S. The van der Waals surface area contributed by atoms with Gasteiger partial charge in [0, 0.05) is 11.4 Å². The summed E-state index contributed by atoms with van der Waals surface area (Å²) in [6.45, 7) is 3.11. The summed E-state index contributed by atoms with van der Waals surface area (Å²) in [7, 11) is 0. The average Bonchev–Trinajstić information content (AvgIpc) is 2.72. The molecule has 1 heterocycles. The molecule has 0 saturated heterocycles. The fraction of sp³-hybridized carbons (Fsp3) is 0.364. The monoisotopic (exact) mass is 206 g/mol. The Morgan fingerprint density at radius 1 is 1.36 bits per heavy atom. The van der Waals surface area contributed by atoms with E-state index in [9.17, 15) is 0 Å². The molecule has 1 aliphatic heterocycles. The molecule has 2 rings (SSSR count). The zero-order chi connectivity index (χ0) is 9.80. The average molecular weight is 206 g/mol. The third-order valence-corrected chi connectivity index (χ3v) is 3.09. The lowest BCUT2D eigenvalue weighted by atomic mass is 10.1. The van der Waals surface area contributed by atoms with E-state index in [1.54, 1.807) is 11.8 Å². The Bertz CT molecular complexity index is 330. The van der Waals surface area contributed by atoms with Crippen molar-refractivity contribution in [3.63, 3.8) is 0 Å². The first-order valence-electron chi connectivity index (χ1n) is 4.91. The van der Waals surface area contributed by atoms with Gasteiger partial charge in [0.2, 0.25) is 0 Å². The zero-order valence-electron chi connectivity index (χ0n) is 8.29. The Hall–Kier alpha value is -0.960. The Morgan fingerprint density at radius 2 is 2.14 bits per heavy atom. The minimum atomic E-state index is 0.944. The summed E-state index contributed by atoms with van der Waals surface area (Å²) in [5, 5.41) is 4.36. The smallest absolute Gasteiger partial charge is 0.161 e. The molecule has 0 saturated carbocycles. The first-order chi connectivity index (χ1) is 6.88. The molecule has 0 aromatic heterocycles. The largest absolute Gasteiger partial charge is 0.335 e. The lowest BCUT2D eigenvalue weighted by Crippen LogP contribution is -2.04. The molecule has 3 heteroatoms. The minimum absolute atomic E-state index is 0.944. The number of thioether (sulfide) groups is 1. The molecule has 0 unspecified atom stereocenters. The first kappa shape index (κ1) is 9.59. The maximum absolute atomic E-state index is 4.34. The number of aryl methyl sites for hydroxylation is 1. The van der Waals surface area contributed by atoms with Gasteiger partial charge < -0.3 is 5.32 Å². The molecule has 0 amide bonds. The molecule has 14 heavy (non-hydrogen) atoms. The van der Waals surface area contributed by atoms with Crippen molar-refractivity contribution in [2.45, 2.75) is 13.3 Å². The van der Waals surface area contributed by atoms with Gasteiger partial charge in [-0.1, -0.05) is 30.8 Å². The van der Waals surface area contributed by atoms with Crippen molar-refractivity contribution in [2.24, 2.45) is 4.99 Å². The van der Waals surface area contributed by atoms with Crippen LogP contribution < -0.4 is 5.32 Å². The van der Waals surface area contributed by atoms with Crippen LogP contribution in [0, 0.1) is 0 Å². The van der Waals surface area contributed by atoms with Crippen molar-refractivity contribution in [3.05, 3.63) is 29.8 Å². The molecule has 0 atom stereocenters. The summed E-state index contributed by atoms with van der Waals surface area (Å²) in [5.41, 5.74) is 2.51. The second-order valence-electron chi connectivity index (χ2n) is 3.21. The van der Waals surface area contributed by atoms with Crippen molar-refractivity contribution >= 4 is 22.6 Å². The highest BCUT2D eigenvalue weighted by Gasteiger charge is 2.06. The summed E-state index contributed by atoms with van der Waals surface area (Å²) in [6, 6.07) is 8.53. The number of nitrogens with zero attached hydrogens (tertiary/aromatic N) is 1. The standard InChI is InChI=1S/C11H14N2S/c1-2-9-3-5-10(6-4-9)13-11-12-7-8-14-11/h3-6H,2,7-8H2,1H3,(H,12,13). The summed E-state index contributed by atoms with van der Waals surface area (Å²) < 4.78 is 0. The molecule has 0 radical (unpaired) electrons. The fourth-order valence-corrected chi connectivity index (χ4v) is 2.11. The molecule has 1 N–H and O–H groups in total. The number of aliphatic imine (C=N–C) groups is 1. The second kappa shape index (κ2) is 4.51. The van der Waals surface area contributed by atoms with Crippen LogP contribution in [0.1, 0.15) is 12.5 Å². The van der Waals surface area contributed by atoms with E-state index < -0.39 is 0 Å². The topological polar surface area (TPSA) is 24.4 Å². The number of benzene rings is 1. The number of nitrogens with one attached hydrogen (secondary N) is 1. The van der Waals surface area contributed by atoms with Gasteiger partial charge in [-0.05, 0) is 24.1 Å². The number of rotatable bonds is 2. The highest BCUT2D eigenvalue weighted by Crippen LogP contribution is 2.16. The van der Waals surface area contributed by atoms with Crippen LogP contribution in [0.5, 0.6) is 0 Å². The molecular weight excluding hydrogens is 192 g/mol. The van der Waals surface area contributed by atoms with Crippen molar-refractivity contribution in [1.29, 1.82) is 0 Å². The van der Waals surface area contributed by atoms with Crippen LogP contribution >= 0.6 is 11.8 Å². The second-order valence-corrected chi connectivity index (χ2v) is 4.29. The van der Waals surface area contributed by atoms with Gasteiger partial charge in [0.15, 0.2) is 5.17 Å². The van der Waals surface area contributed by atoms with Gasteiger partial charge in [0.1, 0.15) is 0 Å². The van der Waals surface area contributed by atoms with Gasteiger partial charge in [-0.3, -0.25) is 4.99 Å². The van der Waals surface area contributed by atoms with E-state index in [4.69, 9.17) is 0 Å². The summed E-state index contributed by atoms with van der Waals surface area (Å²) in [5.74, 6) is 1.11. The first-order valence-corrected chi connectivity index (χ1v) is 5.90. The van der Waals surface area contributed by atoms with Gasteiger partial charge in [0.05, 0.1) is 6.54 Å². The van der Waals surface area contributed by atoms with Crippen LogP contribution in [0.2, 0.25) is 0 Å². The number of hydrogen-bond donors (Lipinski definition) is 1. The van der Waals surface area contributed by atoms with Crippen molar-refractivity contribution in [3.8, 4) is 0 Å². The number of amidine groups is 1. The quantitative estimate of drug-likeness (QED) is 0.804. The molecule has 1 aliphatic rings. The zero-order valence-corrected chi connectivity index (χ0v) is 9.10. The van der Waals surface area contributed by atoms with Crippen LogP contribution in [0.3, 0.4) is 0 Å². The van der Waals surface area contributed by atoms with Crippen molar-refractivity contribution in [1.82, 2.24) is 0 Å². The maximum atomic E-state index is 4.34. The summed E-state index contributed by atoms with van der Waals surface area (Å²) in [4.78, 5) is 4.34. The molecule has 1 aromatic rings. The van der Waals surface area contributed by atoms with Crippen LogP contribution in [0.4, 0.5) is 5.69 Å². The number of hydrogen-bond acceptors (Lipinski definition) is 3. The van der Waals surface area contributed by atoms with Crippen LogP contribution in [-0.4, -0.2) is 17.5 Å². The summed E-state index contributed by atoms with van der Waals surface area (Å²) in [6.07, 6.45) is 1.09. The molecule has 0 bridgehead atoms. The Kier molecular flexibility index (Phi) is 3.09. The normalized spacial score (nSPS) is 15.4. The molecule has 0 fully saturated rings. The predicted octanol–water partition coefficient (Wildman–Crippen LogP) is 2.76. The SMILES string of the molecule is CCc1ccc(NC2=NCCS2)cc1. The van der Waals surface area contributed by atoms with Gasteiger partial charge in [0.25, 0.3) is 0 Å². The number of anilines is 1. The predicted molar refractivity (Wildman–Crippen MR) is 64.2 cm³/mol. The minimum Gasteiger partial charge on any atom is -0.335 e. The Labute approximate surface area is 88.8 Å². The van der Waals surface area contributed by atoms with Gasteiger partial charge in [-0.15, -0.1) is 0 Å². The molecule has 0 aliphatic carbocycles. The van der Waals surface area contributed by atoms with E-state index >= 15 is 0 Å². The van der Waals surface area contributed by atoms with E-state index in [0.717, 1.165) is 29.6 Å². The van der Waals surface area contributed by atoms with Gasteiger partial charge in [-0.2, -0.15) is 0 Å². The highest BCUT2D eigenvalue weighted by atomic mass is 32.2. The van der Waals surface area contributed by atoms with E-state index in [-0.39, 0.29) is 0 Å². The summed E-state index contributed by atoms with van der Waals surface area (Å²) >= 11 is 1.79. The van der Waals surface area contributed by atoms with Gasteiger partial charge in [-0.25, -0.2) is 0 Å². The van der Waals surface area contributed by atoms with Crippen molar-refractivity contribution < 1.29 is 0 Å². The lowest BCUT2D eigenvalue weighted by molar-refractivity contribution is 1.14. The van der Waals surface area contributed by atoms with Crippen LogP contribution in [0.25, 0.3) is 0 Å². The highest BCUT2D eigenvalue weighted by molar-refractivity contribution is 8.14. The van der Waals surface area contributed by atoms with Crippen LogP contribution in [-0.2, 0) is 6.42 Å².